The molecule has 0 fully saturated rings. The Balaban J connectivity index is 2.17. The molecule has 5 heteroatoms. The van der Waals surface area contributed by atoms with Crippen LogP contribution in [0.5, 0.6) is 0 Å². The van der Waals surface area contributed by atoms with E-state index >= 15 is 0 Å². The number of hydrogen-bond donors (Lipinski definition) is 2. The molecule has 0 aliphatic carbocycles. The number of hydrogen-bond acceptors (Lipinski definition) is 3. The number of benzene rings is 2. The average molecular weight is 271 g/mol. The number of amides is 1. The second-order valence-corrected chi connectivity index (χ2v) is 4.29. The number of carbonyl (C=O) groups excluding carboxylic acids is 1. The Morgan fingerprint density at radius 2 is 2.00 bits per heavy atom. The largest absolute Gasteiger partial charge is 0.393 e. The topological polar surface area (TPSA) is 76.7 Å². The maximum Gasteiger partial charge on any atom is 0.258 e. The quantitative estimate of drug-likeness (QED) is 0.387. The highest BCUT2D eigenvalue weighted by Gasteiger charge is 2.10. The number of nitrogens with one attached hydrogen (secondary N) is 1. The Morgan fingerprint density at radius 3 is 2.80 bits per heavy atom. The van der Waals surface area contributed by atoms with E-state index in [1.54, 1.807) is 6.07 Å². The molecular formula is C15H17N3O2. The summed E-state index contributed by atoms with van der Waals surface area (Å²) in [4.78, 5) is 17.1. The Labute approximate surface area is 117 Å². The van der Waals surface area contributed by atoms with Gasteiger partial charge in [-0.15, -0.1) is 0 Å². The van der Waals surface area contributed by atoms with Crippen LogP contribution in [-0.4, -0.2) is 18.5 Å². The highest BCUT2D eigenvalue weighted by molar-refractivity contribution is 6.12. The molecule has 2 rings (SSSR count). The minimum atomic E-state index is -0.303. The van der Waals surface area contributed by atoms with Crippen LogP contribution in [0.3, 0.4) is 0 Å². The number of fused-ring (bicyclic) bond motifs is 1. The van der Waals surface area contributed by atoms with Crippen molar-refractivity contribution in [3.05, 3.63) is 48.0 Å². The lowest BCUT2D eigenvalue weighted by Gasteiger charge is -2.07. The Hall–Kier alpha value is -2.56. The zero-order chi connectivity index (χ0) is 14.4. The van der Waals surface area contributed by atoms with Crippen LogP contribution in [-0.2, 0) is 4.84 Å². The lowest BCUT2D eigenvalue weighted by molar-refractivity contribution is 0.0972. The van der Waals surface area contributed by atoms with Crippen LogP contribution in [0.1, 0.15) is 23.7 Å². The van der Waals surface area contributed by atoms with Gasteiger partial charge in [0.25, 0.3) is 5.91 Å². The average Bonchev–Trinajstić information content (AvgIpc) is 2.47. The van der Waals surface area contributed by atoms with Crippen molar-refractivity contribution in [1.82, 2.24) is 5.32 Å². The monoisotopic (exact) mass is 271 g/mol. The highest BCUT2D eigenvalue weighted by atomic mass is 16.6. The fraction of sp³-hybridized carbons (Fsp3) is 0.200. The first kappa shape index (κ1) is 13.9. The fourth-order valence-electron chi connectivity index (χ4n) is 1.84. The zero-order valence-electron chi connectivity index (χ0n) is 11.3. The van der Waals surface area contributed by atoms with E-state index in [1.807, 2.05) is 43.3 Å². The van der Waals surface area contributed by atoms with Gasteiger partial charge in [-0.25, -0.2) is 0 Å². The Morgan fingerprint density at radius 1 is 1.25 bits per heavy atom. The van der Waals surface area contributed by atoms with Gasteiger partial charge in [-0.1, -0.05) is 43.3 Å². The molecule has 104 valence electrons. The minimum Gasteiger partial charge on any atom is -0.393 e. The first-order valence-electron chi connectivity index (χ1n) is 6.47. The lowest BCUT2D eigenvalue weighted by Crippen LogP contribution is -2.37. The molecule has 3 N–H and O–H groups in total. The van der Waals surface area contributed by atoms with Crippen LogP contribution in [0.4, 0.5) is 0 Å². The molecule has 0 bridgehead atoms. The summed E-state index contributed by atoms with van der Waals surface area (Å²) < 4.78 is 0. The normalized spacial score (nSPS) is 11.3. The summed E-state index contributed by atoms with van der Waals surface area (Å²) in [6.07, 6.45) is 0.827. The number of carbonyl (C=O) groups is 1. The van der Waals surface area contributed by atoms with E-state index in [0.29, 0.717) is 12.2 Å². The number of nitrogens with zero attached hydrogens (tertiary/aromatic N) is 1. The molecule has 0 atom stereocenters. The van der Waals surface area contributed by atoms with E-state index in [4.69, 9.17) is 10.6 Å². The number of guanidine groups is 1. The van der Waals surface area contributed by atoms with Crippen molar-refractivity contribution in [3.63, 3.8) is 0 Å². The van der Waals surface area contributed by atoms with Crippen molar-refractivity contribution in [2.24, 2.45) is 10.9 Å². The molecule has 2 aromatic carbocycles. The summed E-state index contributed by atoms with van der Waals surface area (Å²) in [5.74, 6) is -0.348. The molecule has 5 nitrogen and oxygen atoms in total. The van der Waals surface area contributed by atoms with Gasteiger partial charge in [-0.2, -0.15) is 0 Å². The second-order valence-electron chi connectivity index (χ2n) is 4.29. The van der Waals surface area contributed by atoms with Gasteiger partial charge in [0.2, 0.25) is 5.96 Å². The van der Waals surface area contributed by atoms with E-state index in [1.165, 1.54) is 0 Å². The number of oxime groups is 1. The van der Waals surface area contributed by atoms with Gasteiger partial charge in [0.15, 0.2) is 0 Å². The van der Waals surface area contributed by atoms with Gasteiger partial charge >= 0.3 is 0 Å². The summed E-state index contributed by atoms with van der Waals surface area (Å²) in [6.45, 7) is 2.42. The van der Waals surface area contributed by atoms with Gasteiger partial charge in [-0.3, -0.25) is 10.1 Å². The number of rotatable bonds is 4. The first-order chi connectivity index (χ1) is 9.72. The van der Waals surface area contributed by atoms with E-state index < -0.39 is 0 Å². The van der Waals surface area contributed by atoms with Crippen LogP contribution in [0.25, 0.3) is 10.8 Å². The Bertz CT molecular complexity index is 633. The van der Waals surface area contributed by atoms with Gasteiger partial charge in [0.1, 0.15) is 6.61 Å². The van der Waals surface area contributed by atoms with Crippen molar-refractivity contribution in [3.8, 4) is 0 Å². The third kappa shape index (κ3) is 3.26. The van der Waals surface area contributed by atoms with Crippen molar-refractivity contribution < 1.29 is 9.63 Å². The van der Waals surface area contributed by atoms with Gasteiger partial charge in [0, 0.05) is 5.56 Å². The third-order valence-electron chi connectivity index (χ3n) is 2.73. The molecule has 0 heterocycles. The zero-order valence-corrected chi connectivity index (χ0v) is 11.3. The van der Waals surface area contributed by atoms with Gasteiger partial charge < -0.3 is 10.6 Å². The minimum absolute atomic E-state index is 0.0450. The van der Waals surface area contributed by atoms with Crippen LogP contribution >= 0.6 is 0 Å². The molecule has 20 heavy (non-hydrogen) atoms. The van der Waals surface area contributed by atoms with Gasteiger partial charge in [-0.05, 0) is 28.4 Å². The summed E-state index contributed by atoms with van der Waals surface area (Å²) in [5.41, 5.74) is 6.14. The molecule has 0 aliphatic heterocycles. The molecule has 0 aromatic heterocycles. The van der Waals surface area contributed by atoms with Crippen molar-refractivity contribution in [1.29, 1.82) is 0 Å². The van der Waals surface area contributed by atoms with Crippen molar-refractivity contribution in [2.45, 2.75) is 13.3 Å². The maximum absolute atomic E-state index is 12.2. The molecule has 0 saturated heterocycles. The molecule has 1 amide bonds. The Kier molecular flexibility index (Phi) is 4.55. The van der Waals surface area contributed by atoms with Crippen LogP contribution in [0, 0.1) is 0 Å². The molecule has 0 spiro atoms. The van der Waals surface area contributed by atoms with Crippen molar-refractivity contribution >= 4 is 22.6 Å². The van der Waals surface area contributed by atoms with Crippen LogP contribution in [0.2, 0.25) is 0 Å². The predicted octanol–water partition coefficient (Wildman–Crippen LogP) is 2.23. The van der Waals surface area contributed by atoms with E-state index in [9.17, 15) is 4.79 Å². The molecule has 0 aliphatic rings. The maximum atomic E-state index is 12.2. The van der Waals surface area contributed by atoms with Crippen molar-refractivity contribution in [2.75, 3.05) is 6.61 Å². The van der Waals surface area contributed by atoms with E-state index in [-0.39, 0.29) is 11.9 Å². The first-order valence-corrected chi connectivity index (χ1v) is 6.47. The highest BCUT2D eigenvalue weighted by Crippen LogP contribution is 2.18. The standard InChI is InChI=1S/C15H17N3O2/c1-2-10-20-18-15(16)17-14(19)13-9-5-7-11-6-3-4-8-12(11)13/h3-9H,2,10H2,1H3,(H3,16,17,18,19). The molecular weight excluding hydrogens is 254 g/mol. The number of nitrogens with two attached hydrogens (primary N) is 1. The third-order valence-corrected chi connectivity index (χ3v) is 2.73. The predicted molar refractivity (Wildman–Crippen MR) is 79.3 cm³/mol. The molecule has 2 aromatic rings. The van der Waals surface area contributed by atoms with E-state index in [2.05, 4.69) is 10.5 Å². The van der Waals surface area contributed by atoms with Crippen LogP contribution < -0.4 is 11.1 Å². The van der Waals surface area contributed by atoms with Crippen LogP contribution in [0.15, 0.2) is 47.6 Å². The molecule has 0 saturated carbocycles. The molecule has 0 radical (unpaired) electrons. The van der Waals surface area contributed by atoms with E-state index in [0.717, 1.165) is 17.2 Å². The fourth-order valence-corrected chi connectivity index (χ4v) is 1.84. The second kappa shape index (κ2) is 6.56. The smallest absolute Gasteiger partial charge is 0.258 e. The summed E-state index contributed by atoms with van der Waals surface area (Å²) in [6, 6.07) is 13.2. The molecule has 0 unspecified atom stereocenters. The SMILES string of the molecule is CCCON=C(N)NC(=O)c1cccc2ccccc12. The van der Waals surface area contributed by atoms with Gasteiger partial charge in [0.05, 0.1) is 0 Å². The summed E-state index contributed by atoms with van der Waals surface area (Å²) in [5, 5.41) is 8.00. The summed E-state index contributed by atoms with van der Waals surface area (Å²) in [7, 11) is 0. The lowest BCUT2D eigenvalue weighted by atomic mass is 10.0. The summed E-state index contributed by atoms with van der Waals surface area (Å²) >= 11 is 0.